The number of oxime groups is 1. The van der Waals surface area contributed by atoms with Crippen molar-refractivity contribution in [3.63, 3.8) is 0 Å². The van der Waals surface area contributed by atoms with Crippen molar-refractivity contribution in [2.24, 2.45) is 5.16 Å². The number of benzene rings is 2. The first-order chi connectivity index (χ1) is 13.6. The van der Waals surface area contributed by atoms with E-state index in [9.17, 15) is 9.59 Å². The smallest absolute Gasteiger partial charge is 0.273 e. The highest BCUT2D eigenvalue weighted by atomic mass is 16.6. The summed E-state index contributed by atoms with van der Waals surface area (Å²) in [5.41, 5.74) is 2.99. The third-order valence-electron chi connectivity index (χ3n) is 4.37. The fourth-order valence-electron chi connectivity index (χ4n) is 3.02. The molecular weight excluding hydrogens is 356 g/mol. The zero-order valence-corrected chi connectivity index (χ0v) is 15.2. The van der Waals surface area contributed by atoms with Crippen LogP contribution < -0.4 is 10.9 Å². The number of nitrogens with zero attached hydrogens (tertiary/aromatic N) is 2. The number of nitrogens with one attached hydrogen (secondary N) is 2. The third kappa shape index (κ3) is 3.83. The van der Waals surface area contributed by atoms with Gasteiger partial charge >= 0.3 is 0 Å². The van der Waals surface area contributed by atoms with Crippen molar-refractivity contribution in [1.29, 1.82) is 0 Å². The maximum atomic E-state index is 12.6. The molecule has 0 fully saturated rings. The molecular formula is C21H18N4O3. The van der Waals surface area contributed by atoms with Gasteiger partial charge in [-0.2, -0.15) is 0 Å². The van der Waals surface area contributed by atoms with Gasteiger partial charge in [-0.15, -0.1) is 0 Å². The molecule has 0 saturated carbocycles. The Hall–Kier alpha value is -3.74. The molecule has 1 aromatic heterocycles. The van der Waals surface area contributed by atoms with Gasteiger partial charge < -0.3 is 15.1 Å². The number of anilines is 1. The summed E-state index contributed by atoms with van der Waals surface area (Å²) in [5.74, 6) is 0.132. The summed E-state index contributed by atoms with van der Waals surface area (Å²) in [6.45, 7) is 1.76. The highest BCUT2D eigenvalue weighted by Crippen LogP contribution is 2.27. The van der Waals surface area contributed by atoms with Gasteiger partial charge in [0.25, 0.3) is 11.5 Å². The van der Waals surface area contributed by atoms with Crippen LogP contribution in [0.15, 0.2) is 70.6 Å². The van der Waals surface area contributed by atoms with E-state index < -0.39 is 0 Å². The van der Waals surface area contributed by atoms with Crippen LogP contribution >= 0.6 is 0 Å². The molecule has 0 saturated heterocycles. The fourth-order valence-corrected chi connectivity index (χ4v) is 3.02. The first-order valence-corrected chi connectivity index (χ1v) is 8.86. The van der Waals surface area contributed by atoms with Gasteiger partial charge in [0.05, 0.1) is 0 Å². The predicted molar refractivity (Wildman–Crippen MR) is 106 cm³/mol. The van der Waals surface area contributed by atoms with Crippen LogP contribution in [-0.4, -0.2) is 21.6 Å². The van der Waals surface area contributed by atoms with Crippen molar-refractivity contribution < 1.29 is 9.63 Å². The van der Waals surface area contributed by atoms with Crippen molar-refractivity contribution in [2.45, 2.75) is 19.4 Å². The van der Waals surface area contributed by atoms with Gasteiger partial charge in [0, 0.05) is 29.4 Å². The van der Waals surface area contributed by atoms with Crippen LogP contribution in [0.1, 0.15) is 23.8 Å². The largest absolute Gasteiger partial charge is 0.387 e. The van der Waals surface area contributed by atoms with Crippen molar-refractivity contribution in [3.8, 4) is 11.4 Å². The molecule has 2 heterocycles. The summed E-state index contributed by atoms with van der Waals surface area (Å²) < 4.78 is 0. The van der Waals surface area contributed by atoms with Crippen LogP contribution in [-0.2, 0) is 9.63 Å². The first-order valence-electron chi connectivity index (χ1n) is 8.86. The average molecular weight is 374 g/mol. The summed E-state index contributed by atoms with van der Waals surface area (Å²) >= 11 is 0. The van der Waals surface area contributed by atoms with Gasteiger partial charge in [-0.25, -0.2) is 4.98 Å². The van der Waals surface area contributed by atoms with E-state index in [2.05, 4.69) is 20.4 Å². The summed E-state index contributed by atoms with van der Waals surface area (Å²) in [6, 6.07) is 18.2. The second-order valence-corrected chi connectivity index (χ2v) is 6.52. The van der Waals surface area contributed by atoms with Crippen LogP contribution in [0.25, 0.3) is 11.4 Å². The number of aromatic amines is 1. The molecule has 2 aromatic carbocycles. The van der Waals surface area contributed by atoms with Crippen molar-refractivity contribution >= 4 is 17.3 Å². The molecule has 0 spiro atoms. The van der Waals surface area contributed by atoms with E-state index in [1.807, 2.05) is 36.4 Å². The molecule has 4 rings (SSSR count). The summed E-state index contributed by atoms with van der Waals surface area (Å²) in [4.78, 5) is 36.7. The molecule has 7 heteroatoms. The van der Waals surface area contributed by atoms with Crippen LogP contribution in [0.3, 0.4) is 0 Å². The minimum absolute atomic E-state index is 0.221. The van der Waals surface area contributed by atoms with Gasteiger partial charge in [-0.3, -0.25) is 9.59 Å². The minimum Gasteiger partial charge on any atom is -0.387 e. The Morgan fingerprint density at radius 1 is 1.14 bits per heavy atom. The monoisotopic (exact) mass is 374 g/mol. The Kier molecular flexibility index (Phi) is 4.72. The summed E-state index contributed by atoms with van der Waals surface area (Å²) in [5, 5.41) is 6.76. The Balaban J connectivity index is 1.48. The van der Waals surface area contributed by atoms with Crippen molar-refractivity contribution in [3.05, 3.63) is 82.3 Å². The predicted octanol–water partition coefficient (Wildman–Crippen LogP) is 3.20. The number of amides is 1. The molecule has 3 aromatic rings. The Morgan fingerprint density at radius 2 is 1.96 bits per heavy atom. The number of carbonyl (C=O) groups is 1. The molecule has 0 radical (unpaired) electrons. The van der Waals surface area contributed by atoms with Gasteiger partial charge in [-0.1, -0.05) is 47.6 Å². The SMILES string of the molecule is Cc1cc(=O)[nH]c(-c2cccc(NC(=O)C3=NOC(c4ccccc4)C3)c2)n1. The van der Waals surface area contributed by atoms with Gasteiger partial charge in [0.1, 0.15) is 11.5 Å². The number of rotatable bonds is 4. The first kappa shape index (κ1) is 17.7. The van der Waals surface area contributed by atoms with Gasteiger partial charge in [-0.05, 0) is 24.6 Å². The van der Waals surface area contributed by atoms with Gasteiger partial charge in [0.15, 0.2) is 6.10 Å². The minimum atomic E-state index is -0.318. The number of aryl methyl sites for hydroxylation is 1. The Morgan fingerprint density at radius 3 is 2.75 bits per heavy atom. The van der Waals surface area contributed by atoms with Crippen molar-refractivity contribution in [2.75, 3.05) is 5.32 Å². The molecule has 28 heavy (non-hydrogen) atoms. The quantitative estimate of drug-likeness (QED) is 0.733. The normalized spacial score (nSPS) is 15.6. The lowest BCUT2D eigenvalue weighted by molar-refractivity contribution is -0.110. The van der Waals surface area contributed by atoms with E-state index in [1.165, 1.54) is 6.07 Å². The molecule has 140 valence electrons. The molecule has 0 aliphatic carbocycles. The maximum Gasteiger partial charge on any atom is 0.273 e. The summed E-state index contributed by atoms with van der Waals surface area (Å²) in [7, 11) is 0. The van der Waals surface area contributed by atoms with Crippen LogP contribution in [0, 0.1) is 6.92 Å². The van der Waals surface area contributed by atoms with E-state index in [0.29, 0.717) is 34.9 Å². The second-order valence-electron chi connectivity index (χ2n) is 6.52. The van der Waals surface area contributed by atoms with Gasteiger partial charge in [0.2, 0.25) is 0 Å². The Labute approximate surface area is 161 Å². The topological polar surface area (TPSA) is 96.4 Å². The molecule has 1 atom stereocenters. The van der Waals surface area contributed by atoms with E-state index >= 15 is 0 Å². The van der Waals surface area contributed by atoms with Crippen molar-refractivity contribution in [1.82, 2.24) is 9.97 Å². The maximum absolute atomic E-state index is 12.6. The molecule has 2 N–H and O–H groups in total. The average Bonchev–Trinajstić information content (AvgIpc) is 3.19. The zero-order chi connectivity index (χ0) is 19.5. The molecule has 0 bridgehead atoms. The number of H-pyrrole nitrogens is 1. The lowest BCUT2D eigenvalue weighted by Gasteiger charge is -2.08. The van der Waals surface area contributed by atoms with Crippen LogP contribution in [0.2, 0.25) is 0 Å². The molecule has 7 nitrogen and oxygen atoms in total. The number of carbonyl (C=O) groups excluding carboxylic acids is 1. The molecule has 1 amide bonds. The van der Waals surface area contributed by atoms with Crippen LogP contribution in [0.4, 0.5) is 5.69 Å². The Bertz CT molecular complexity index is 1110. The second kappa shape index (κ2) is 7.48. The molecule has 1 unspecified atom stereocenters. The highest BCUT2D eigenvalue weighted by Gasteiger charge is 2.27. The molecule has 1 aliphatic heterocycles. The third-order valence-corrected chi connectivity index (χ3v) is 4.37. The lowest BCUT2D eigenvalue weighted by Crippen LogP contribution is -2.21. The lowest BCUT2D eigenvalue weighted by atomic mass is 10.0. The standard InChI is InChI=1S/C21H18N4O3/c1-13-10-19(26)24-20(22-13)15-8-5-9-16(11-15)23-21(27)17-12-18(28-25-17)14-6-3-2-4-7-14/h2-11,18H,12H2,1H3,(H,23,27)(H,22,24,26). The van der Waals surface area contributed by atoms with E-state index in [1.54, 1.807) is 25.1 Å². The zero-order valence-electron chi connectivity index (χ0n) is 15.2. The number of aromatic nitrogens is 2. The van der Waals surface area contributed by atoms with E-state index in [0.717, 1.165) is 5.56 Å². The number of hydrogen-bond donors (Lipinski definition) is 2. The summed E-state index contributed by atoms with van der Waals surface area (Å²) in [6.07, 6.45) is 0.150. The van der Waals surface area contributed by atoms with E-state index in [4.69, 9.17) is 4.84 Å². The van der Waals surface area contributed by atoms with E-state index in [-0.39, 0.29) is 17.6 Å². The van der Waals surface area contributed by atoms with Crippen LogP contribution in [0.5, 0.6) is 0 Å². The highest BCUT2D eigenvalue weighted by molar-refractivity contribution is 6.43. The fraction of sp³-hybridized carbons (Fsp3) is 0.143. The number of hydrogen-bond acceptors (Lipinski definition) is 5. The molecule has 1 aliphatic rings.